The molecule has 4 aromatic rings. The Labute approximate surface area is 270 Å². The number of nitrogens with one attached hydrogen (secondary N) is 2. The summed E-state index contributed by atoms with van der Waals surface area (Å²) in [7, 11) is 0. The van der Waals surface area contributed by atoms with Crippen LogP contribution in [-0.2, 0) is 9.47 Å². The molecule has 45 heavy (non-hydrogen) atoms. The summed E-state index contributed by atoms with van der Waals surface area (Å²) in [5.74, 6) is 1.54. The number of likely N-dealkylation sites (tertiary alicyclic amines) is 2. The number of benzene rings is 2. The van der Waals surface area contributed by atoms with Gasteiger partial charge in [-0.1, -0.05) is 0 Å². The fourth-order valence-electron chi connectivity index (χ4n) is 4.86. The number of nitrogens with zero attached hydrogens (tertiary/aromatic N) is 3. The maximum absolute atomic E-state index is 11.9. The van der Waals surface area contributed by atoms with Crippen LogP contribution >= 0.6 is 15.9 Å². The molecule has 0 aliphatic carbocycles. The number of fused-ring (bicyclic) bond motifs is 2. The molecule has 0 unspecified atom stereocenters. The average molecular weight is 681 g/mol. The summed E-state index contributed by atoms with van der Waals surface area (Å²) in [6, 6.07) is 13.5. The highest BCUT2D eigenvalue weighted by Crippen LogP contribution is 2.33. The van der Waals surface area contributed by atoms with Gasteiger partial charge < -0.3 is 38.7 Å². The highest BCUT2D eigenvalue weighted by molar-refractivity contribution is 9.10. The van der Waals surface area contributed by atoms with Gasteiger partial charge in [-0.2, -0.15) is 5.26 Å². The molecular formula is C33H38BrN5O6. The summed E-state index contributed by atoms with van der Waals surface area (Å²) in [5, 5.41) is 11.0. The average Bonchev–Trinajstić information content (AvgIpc) is 3.58. The van der Waals surface area contributed by atoms with Crippen LogP contribution in [0.1, 0.15) is 47.1 Å². The zero-order chi connectivity index (χ0) is 32.5. The summed E-state index contributed by atoms with van der Waals surface area (Å²) >= 11 is 3.51. The first-order chi connectivity index (χ1) is 21.2. The monoisotopic (exact) mass is 679 g/mol. The van der Waals surface area contributed by atoms with Crippen LogP contribution in [0.25, 0.3) is 21.8 Å². The van der Waals surface area contributed by atoms with Crippen LogP contribution in [0.5, 0.6) is 11.5 Å². The van der Waals surface area contributed by atoms with Gasteiger partial charge in [0.1, 0.15) is 41.0 Å². The van der Waals surface area contributed by atoms with Crippen LogP contribution < -0.4 is 9.47 Å². The molecule has 0 radical (unpaired) electrons. The predicted octanol–water partition coefficient (Wildman–Crippen LogP) is 6.97. The van der Waals surface area contributed by atoms with Gasteiger partial charge in [0.2, 0.25) is 0 Å². The number of nitriles is 1. The number of aromatic nitrogens is 2. The molecule has 0 bridgehead atoms. The summed E-state index contributed by atoms with van der Waals surface area (Å²) in [5.41, 5.74) is 1.41. The second-order valence-corrected chi connectivity index (χ2v) is 13.9. The van der Waals surface area contributed by atoms with Crippen molar-refractivity contribution >= 4 is 49.9 Å². The Balaban J connectivity index is 0.000000178. The first kappa shape index (κ1) is 32.0. The van der Waals surface area contributed by atoms with Crippen LogP contribution in [0.15, 0.2) is 53.3 Å². The number of hydrogen-bond acceptors (Lipinski definition) is 7. The van der Waals surface area contributed by atoms with E-state index in [0.717, 1.165) is 32.0 Å². The molecule has 2 N–H and O–H groups in total. The lowest BCUT2D eigenvalue weighted by atomic mass is 10.1. The zero-order valence-corrected chi connectivity index (χ0v) is 27.9. The highest BCUT2D eigenvalue weighted by atomic mass is 79.9. The summed E-state index contributed by atoms with van der Waals surface area (Å²) in [4.78, 5) is 33.3. The second kappa shape index (κ2) is 12.6. The van der Waals surface area contributed by atoms with Crippen LogP contribution in [-0.4, -0.2) is 81.5 Å². The maximum Gasteiger partial charge on any atom is 0.410 e. The van der Waals surface area contributed by atoms with Crippen LogP contribution in [0, 0.1) is 11.3 Å². The number of rotatable bonds is 4. The molecule has 11 nitrogen and oxygen atoms in total. The third kappa shape index (κ3) is 7.65. The molecule has 0 spiro atoms. The molecule has 2 aromatic heterocycles. The van der Waals surface area contributed by atoms with Gasteiger partial charge >= 0.3 is 12.2 Å². The van der Waals surface area contributed by atoms with Crippen molar-refractivity contribution in [3.05, 3.63) is 58.8 Å². The first-order valence-electron chi connectivity index (χ1n) is 14.8. The lowest BCUT2D eigenvalue weighted by molar-refractivity contribution is -0.0221. The van der Waals surface area contributed by atoms with Crippen molar-refractivity contribution in [1.82, 2.24) is 19.8 Å². The van der Waals surface area contributed by atoms with E-state index >= 15 is 0 Å². The predicted molar refractivity (Wildman–Crippen MR) is 173 cm³/mol. The van der Waals surface area contributed by atoms with E-state index < -0.39 is 11.2 Å². The Hall–Kier alpha value is -4.37. The third-order valence-electron chi connectivity index (χ3n) is 7.02. The minimum atomic E-state index is -0.493. The second-order valence-electron chi connectivity index (χ2n) is 13.1. The van der Waals surface area contributed by atoms with Crippen LogP contribution in [0.4, 0.5) is 9.59 Å². The summed E-state index contributed by atoms with van der Waals surface area (Å²) in [6.45, 7) is 13.2. The molecule has 2 amide bonds. The van der Waals surface area contributed by atoms with Crippen LogP contribution in [0.2, 0.25) is 0 Å². The highest BCUT2D eigenvalue weighted by Gasteiger charge is 2.36. The van der Waals surface area contributed by atoms with Crippen LogP contribution in [0.3, 0.4) is 0 Å². The van der Waals surface area contributed by atoms with Crippen molar-refractivity contribution in [3.63, 3.8) is 0 Å². The Morgan fingerprint density at radius 3 is 1.67 bits per heavy atom. The van der Waals surface area contributed by atoms with Gasteiger partial charge in [0.05, 0.1) is 42.8 Å². The molecule has 6 rings (SSSR count). The van der Waals surface area contributed by atoms with Crippen molar-refractivity contribution in [1.29, 1.82) is 5.26 Å². The number of ether oxygens (including phenoxy) is 4. The Bertz CT molecular complexity index is 1730. The first-order valence-corrected chi connectivity index (χ1v) is 15.5. The zero-order valence-electron chi connectivity index (χ0n) is 26.3. The van der Waals surface area contributed by atoms with Crippen molar-refractivity contribution in [3.8, 4) is 17.6 Å². The van der Waals surface area contributed by atoms with Gasteiger partial charge in [-0.15, -0.1) is 0 Å². The number of H-pyrrole nitrogens is 2. The van der Waals surface area contributed by atoms with Crippen molar-refractivity contribution in [2.24, 2.45) is 0 Å². The van der Waals surface area contributed by atoms with Crippen molar-refractivity contribution in [2.75, 3.05) is 26.2 Å². The van der Waals surface area contributed by atoms with Crippen molar-refractivity contribution in [2.45, 2.75) is 65.0 Å². The molecular weight excluding hydrogens is 642 g/mol. The van der Waals surface area contributed by atoms with E-state index in [0.29, 0.717) is 37.5 Å². The molecule has 2 saturated heterocycles. The quantitative estimate of drug-likeness (QED) is 0.238. The minimum absolute atomic E-state index is 0.00629. The molecule has 2 fully saturated rings. The lowest BCUT2D eigenvalue weighted by Gasteiger charge is -2.39. The van der Waals surface area contributed by atoms with E-state index in [1.165, 1.54) is 0 Å². The van der Waals surface area contributed by atoms with E-state index in [9.17, 15) is 9.59 Å². The molecule has 0 saturated carbocycles. The van der Waals surface area contributed by atoms with Gasteiger partial charge in [-0.25, -0.2) is 9.59 Å². The minimum Gasteiger partial charge on any atom is -0.486 e. The topological polar surface area (TPSA) is 133 Å². The number of carbonyl (C=O) groups is 2. The molecule has 238 valence electrons. The van der Waals surface area contributed by atoms with Gasteiger partial charge in [0.15, 0.2) is 0 Å². The van der Waals surface area contributed by atoms with E-state index in [4.69, 9.17) is 24.2 Å². The summed E-state index contributed by atoms with van der Waals surface area (Å²) < 4.78 is 23.6. The number of hydrogen-bond donors (Lipinski definition) is 2. The lowest BCUT2D eigenvalue weighted by Crippen LogP contribution is -2.57. The van der Waals surface area contributed by atoms with Gasteiger partial charge in [0.25, 0.3) is 0 Å². The number of amides is 2. The molecule has 2 aromatic carbocycles. The Kier molecular flexibility index (Phi) is 8.94. The smallest absolute Gasteiger partial charge is 0.410 e. The standard InChI is InChI=1S/C17H19N3O3.C16H19BrN2O3/c1-17(2,3)23-16(21)20-9-12(10-20)22-14-5-4-11(8-18)15-13(14)6-7-19-15;1-16(2,3)22-15(20)19-8-10(9-19)21-13-5-4-12(17)14-11(13)6-7-18-14/h4-7,12,19H,9-10H2,1-3H3;4-7,10,18H,8-9H2,1-3H3. The number of halogens is 1. The molecule has 0 atom stereocenters. The fraction of sp³-hybridized carbons (Fsp3) is 0.424. The fourth-order valence-corrected chi connectivity index (χ4v) is 5.32. The summed E-state index contributed by atoms with van der Waals surface area (Å²) in [6.07, 6.45) is 3.02. The van der Waals surface area contributed by atoms with E-state index in [1.54, 1.807) is 28.1 Å². The largest absolute Gasteiger partial charge is 0.486 e. The Morgan fingerprint density at radius 1 is 0.756 bits per heavy atom. The van der Waals surface area contributed by atoms with E-state index in [1.807, 2.05) is 72.0 Å². The van der Waals surface area contributed by atoms with Crippen molar-refractivity contribution < 1.29 is 28.5 Å². The molecule has 2 aliphatic heterocycles. The van der Waals surface area contributed by atoms with E-state index in [2.05, 4.69) is 32.0 Å². The molecule has 4 heterocycles. The van der Waals surface area contributed by atoms with Gasteiger partial charge in [-0.3, -0.25) is 0 Å². The molecule has 2 aliphatic rings. The Morgan fingerprint density at radius 2 is 1.20 bits per heavy atom. The number of carbonyl (C=O) groups excluding carboxylic acids is 2. The van der Waals surface area contributed by atoms with Gasteiger partial charge in [-0.05, 0) is 93.9 Å². The maximum atomic E-state index is 11.9. The normalized spacial score (nSPS) is 15.4. The molecule has 12 heteroatoms. The number of aromatic amines is 2. The third-order valence-corrected chi connectivity index (χ3v) is 7.68. The van der Waals surface area contributed by atoms with E-state index in [-0.39, 0.29) is 24.4 Å². The SMILES string of the molecule is CC(C)(C)OC(=O)N1CC(Oc2ccc(Br)c3[nH]ccc23)C1.CC(C)(C)OC(=O)N1CC(Oc2ccc(C#N)c3[nH]ccc23)C1. The van der Waals surface area contributed by atoms with Gasteiger partial charge in [0, 0.05) is 27.6 Å².